The molecule has 5 aromatic rings. The van der Waals surface area contributed by atoms with Crippen LogP contribution in [0.1, 0.15) is 34.2 Å². The summed E-state index contributed by atoms with van der Waals surface area (Å²) >= 11 is 6.00. The maximum absolute atomic E-state index is 15.2. The SMILES string of the molecule is C[C@]1(c2ccc(Cl)cc2F)Oc2cccc(N3CCN(Cc4nc5c(F)cc(C(=O)O)cc5n4Cc4cccnc4)[C@@H]4COC[C@@H]43)c2O1. The number of aromatic carboxylic acids is 1. The molecule has 0 unspecified atom stereocenters. The Morgan fingerprint density at radius 2 is 1.88 bits per heavy atom. The summed E-state index contributed by atoms with van der Waals surface area (Å²) in [6.07, 6.45) is 3.40. The quantitative estimate of drug-likeness (QED) is 0.228. The van der Waals surface area contributed by atoms with Crippen molar-refractivity contribution in [3.8, 4) is 11.5 Å². The molecule has 48 heavy (non-hydrogen) atoms. The Morgan fingerprint density at radius 1 is 1.02 bits per heavy atom. The molecule has 246 valence electrons. The minimum absolute atomic E-state index is 0.0388. The van der Waals surface area contributed by atoms with E-state index in [9.17, 15) is 14.3 Å². The molecule has 5 heterocycles. The van der Waals surface area contributed by atoms with E-state index in [4.69, 9.17) is 30.8 Å². The van der Waals surface area contributed by atoms with Gasteiger partial charge in [0.1, 0.15) is 17.2 Å². The Kier molecular flexibility index (Phi) is 7.46. The normalized spacial score (nSPS) is 22.0. The second-order valence-corrected chi connectivity index (χ2v) is 12.8. The fourth-order valence-corrected chi connectivity index (χ4v) is 7.21. The van der Waals surface area contributed by atoms with E-state index < -0.39 is 23.4 Å². The van der Waals surface area contributed by atoms with Gasteiger partial charge in [0, 0.05) is 37.4 Å². The summed E-state index contributed by atoms with van der Waals surface area (Å²) in [6, 6.07) is 16.2. The summed E-state index contributed by atoms with van der Waals surface area (Å²) in [6.45, 7) is 4.58. The van der Waals surface area contributed by atoms with Crippen LogP contribution in [0.2, 0.25) is 5.02 Å². The first-order valence-corrected chi connectivity index (χ1v) is 15.9. The highest BCUT2D eigenvalue weighted by Crippen LogP contribution is 2.51. The van der Waals surface area contributed by atoms with Gasteiger partial charge in [-0.25, -0.2) is 18.6 Å². The van der Waals surface area contributed by atoms with E-state index in [1.54, 1.807) is 37.5 Å². The molecule has 0 radical (unpaired) electrons. The number of pyridine rings is 1. The van der Waals surface area contributed by atoms with Crippen LogP contribution in [-0.4, -0.2) is 68.9 Å². The molecule has 3 aromatic carbocycles. The van der Waals surface area contributed by atoms with E-state index in [0.717, 1.165) is 17.3 Å². The van der Waals surface area contributed by atoms with Gasteiger partial charge in [0.15, 0.2) is 17.3 Å². The Bertz CT molecular complexity index is 2060. The maximum Gasteiger partial charge on any atom is 0.335 e. The number of hydrogen-bond donors (Lipinski definition) is 1. The number of benzene rings is 3. The maximum atomic E-state index is 15.2. The molecule has 13 heteroatoms. The largest absolute Gasteiger partial charge is 0.478 e. The zero-order valence-corrected chi connectivity index (χ0v) is 26.5. The molecule has 0 amide bonds. The first-order chi connectivity index (χ1) is 23.2. The number of carboxylic acids is 1. The predicted octanol–water partition coefficient (Wildman–Crippen LogP) is 5.84. The second kappa shape index (κ2) is 11.7. The zero-order chi connectivity index (χ0) is 33.2. The van der Waals surface area contributed by atoms with Crippen molar-refractivity contribution in [2.24, 2.45) is 0 Å². The van der Waals surface area contributed by atoms with Gasteiger partial charge in [0.2, 0.25) is 0 Å². The van der Waals surface area contributed by atoms with Crippen molar-refractivity contribution < 1.29 is 32.9 Å². The van der Waals surface area contributed by atoms with Crippen LogP contribution in [0.25, 0.3) is 11.0 Å². The van der Waals surface area contributed by atoms with Crippen LogP contribution in [0, 0.1) is 11.6 Å². The van der Waals surface area contributed by atoms with Crippen molar-refractivity contribution in [3.63, 3.8) is 0 Å². The van der Waals surface area contributed by atoms with Crippen LogP contribution >= 0.6 is 11.6 Å². The number of anilines is 1. The molecule has 1 N–H and O–H groups in total. The topological polar surface area (TPSA) is 102 Å². The number of aromatic nitrogens is 3. The number of fused-ring (bicyclic) bond motifs is 3. The molecule has 3 aliphatic rings. The zero-order valence-electron chi connectivity index (χ0n) is 25.8. The third kappa shape index (κ3) is 5.20. The molecule has 2 fully saturated rings. The van der Waals surface area contributed by atoms with E-state index in [1.807, 2.05) is 28.8 Å². The van der Waals surface area contributed by atoms with Gasteiger partial charge in [-0.2, -0.15) is 0 Å². The molecule has 2 saturated heterocycles. The lowest BCUT2D eigenvalue weighted by atomic mass is 10.0. The fraction of sp³-hybridized carbons (Fsp3) is 0.286. The van der Waals surface area contributed by atoms with Gasteiger partial charge >= 0.3 is 5.97 Å². The van der Waals surface area contributed by atoms with Crippen LogP contribution in [-0.2, 0) is 23.6 Å². The average Bonchev–Trinajstić information content (AvgIpc) is 3.78. The van der Waals surface area contributed by atoms with Crippen molar-refractivity contribution in [1.29, 1.82) is 0 Å². The Balaban J connectivity index is 1.10. The lowest BCUT2D eigenvalue weighted by Crippen LogP contribution is -2.59. The van der Waals surface area contributed by atoms with Gasteiger partial charge < -0.3 is 28.8 Å². The number of imidazole rings is 1. The van der Waals surface area contributed by atoms with Gasteiger partial charge in [-0.3, -0.25) is 9.88 Å². The number of carboxylic acid groups (broad SMARTS) is 1. The summed E-state index contributed by atoms with van der Waals surface area (Å²) < 4.78 is 50.7. The molecule has 2 aromatic heterocycles. The Labute approximate surface area is 279 Å². The monoisotopic (exact) mass is 673 g/mol. The van der Waals surface area contributed by atoms with Crippen molar-refractivity contribution in [3.05, 3.63) is 112 Å². The van der Waals surface area contributed by atoms with Crippen LogP contribution in [0.4, 0.5) is 14.5 Å². The summed E-state index contributed by atoms with van der Waals surface area (Å²) in [5.74, 6) is -2.17. The van der Waals surface area contributed by atoms with Crippen LogP contribution in [0.3, 0.4) is 0 Å². The van der Waals surface area contributed by atoms with E-state index in [-0.39, 0.29) is 33.7 Å². The highest BCUT2D eigenvalue weighted by molar-refractivity contribution is 6.30. The molecule has 0 aliphatic carbocycles. The molecule has 3 atom stereocenters. The molecular weight excluding hydrogens is 644 g/mol. The highest BCUT2D eigenvalue weighted by atomic mass is 35.5. The minimum Gasteiger partial charge on any atom is -0.478 e. The van der Waals surface area contributed by atoms with E-state index in [2.05, 4.69) is 14.8 Å². The molecular formula is C35H30ClF2N5O5. The standard InChI is InChI=1S/C35H30ClF2N5O5/c1-35(23-8-7-22(36)14-24(23)37)47-30-6-2-5-26(33(30)48-35)42-11-10-41(28-18-46-19-29(28)42)17-31-40-32-25(38)12-21(34(44)45)13-27(32)43(31)16-20-4-3-9-39-15-20/h2-9,12-15,28-29H,10-11,16-19H2,1H3,(H,44,45)/t28-,29+,35+/m1/s1. The van der Waals surface area contributed by atoms with Crippen LogP contribution in [0.5, 0.6) is 11.5 Å². The van der Waals surface area contributed by atoms with E-state index >= 15 is 4.39 Å². The lowest BCUT2D eigenvalue weighted by molar-refractivity contribution is -0.0705. The number of halogens is 3. The van der Waals surface area contributed by atoms with Crippen LogP contribution in [0.15, 0.2) is 73.1 Å². The number of piperazine rings is 1. The van der Waals surface area contributed by atoms with E-state index in [0.29, 0.717) is 62.2 Å². The summed E-state index contributed by atoms with van der Waals surface area (Å²) in [5, 5.41) is 9.92. The number of ether oxygens (including phenoxy) is 3. The van der Waals surface area contributed by atoms with E-state index in [1.165, 1.54) is 12.1 Å². The fourth-order valence-electron chi connectivity index (χ4n) is 7.05. The van der Waals surface area contributed by atoms with Crippen molar-refractivity contribution in [2.45, 2.75) is 37.9 Å². The molecule has 0 spiro atoms. The van der Waals surface area contributed by atoms with Crippen molar-refractivity contribution in [1.82, 2.24) is 19.4 Å². The minimum atomic E-state index is -1.39. The molecule has 3 aliphatic heterocycles. The number of carbonyl (C=O) groups is 1. The van der Waals surface area contributed by atoms with Crippen LogP contribution < -0.4 is 14.4 Å². The third-order valence-corrected chi connectivity index (χ3v) is 9.58. The molecule has 8 rings (SSSR count). The Hall–Kier alpha value is -4.78. The predicted molar refractivity (Wildman–Crippen MR) is 173 cm³/mol. The summed E-state index contributed by atoms with van der Waals surface area (Å²) in [4.78, 5) is 25.2. The van der Waals surface area contributed by atoms with Gasteiger partial charge in [-0.15, -0.1) is 0 Å². The van der Waals surface area contributed by atoms with Gasteiger partial charge in [-0.05, 0) is 54.1 Å². The second-order valence-electron chi connectivity index (χ2n) is 12.3. The van der Waals surface area contributed by atoms with Gasteiger partial charge in [0.05, 0.1) is 60.7 Å². The molecule has 0 bridgehead atoms. The average molecular weight is 674 g/mol. The first-order valence-electron chi connectivity index (χ1n) is 15.5. The number of hydrogen-bond acceptors (Lipinski definition) is 8. The highest BCUT2D eigenvalue weighted by Gasteiger charge is 2.46. The third-order valence-electron chi connectivity index (χ3n) is 9.35. The number of rotatable bonds is 7. The lowest BCUT2D eigenvalue weighted by Gasteiger charge is -2.44. The summed E-state index contributed by atoms with van der Waals surface area (Å²) in [5.41, 5.74) is 2.31. The smallest absolute Gasteiger partial charge is 0.335 e. The number of para-hydroxylation sites is 1. The molecule has 0 saturated carbocycles. The van der Waals surface area contributed by atoms with Crippen molar-refractivity contribution >= 4 is 34.3 Å². The van der Waals surface area contributed by atoms with Gasteiger partial charge in [-0.1, -0.05) is 23.7 Å². The molecule has 10 nitrogen and oxygen atoms in total. The number of nitrogens with zero attached hydrogens (tertiary/aromatic N) is 5. The first kappa shape index (κ1) is 30.5. The van der Waals surface area contributed by atoms with Crippen molar-refractivity contribution in [2.75, 3.05) is 31.2 Å². The van der Waals surface area contributed by atoms with Gasteiger partial charge in [0.25, 0.3) is 5.79 Å². The summed E-state index contributed by atoms with van der Waals surface area (Å²) in [7, 11) is 0. The Morgan fingerprint density at radius 3 is 2.67 bits per heavy atom.